The van der Waals surface area contributed by atoms with Gasteiger partial charge in [-0.1, -0.05) is 6.42 Å². The summed E-state index contributed by atoms with van der Waals surface area (Å²) in [4.78, 5) is 4.55. The quantitative estimate of drug-likeness (QED) is 0.812. The van der Waals surface area contributed by atoms with Crippen molar-refractivity contribution in [3.05, 3.63) is 24.0 Å². The molecule has 2 bridgehead atoms. The van der Waals surface area contributed by atoms with Gasteiger partial charge in [0.05, 0.1) is 11.0 Å². The molecule has 0 spiro atoms. The van der Waals surface area contributed by atoms with Crippen molar-refractivity contribution in [1.29, 1.82) is 0 Å². The fourth-order valence-corrected chi connectivity index (χ4v) is 4.17. The maximum atomic E-state index is 9.60. The van der Waals surface area contributed by atoms with E-state index in [1.54, 1.807) is 0 Å². The van der Waals surface area contributed by atoms with E-state index in [1.165, 1.54) is 25.7 Å². The summed E-state index contributed by atoms with van der Waals surface area (Å²) in [6.07, 6.45) is 5.31. The molecule has 2 aliphatic carbocycles. The van der Waals surface area contributed by atoms with Crippen molar-refractivity contribution in [3.63, 3.8) is 0 Å². The summed E-state index contributed by atoms with van der Waals surface area (Å²) >= 11 is 0. The average Bonchev–Trinajstić information content (AvgIpc) is 3.09. The highest BCUT2D eigenvalue weighted by molar-refractivity contribution is 5.79. The Labute approximate surface area is 112 Å². The van der Waals surface area contributed by atoms with E-state index in [-0.39, 0.29) is 6.61 Å². The van der Waals surface area contributed by atoms with Crippen LogP contribution in [0.3, 0.4) is 0 Å². The number of rotatable bonds is 2. The van der Waals surface area contributed by atoms with E-state index in [1.807, 2.05) is 18.2 Å². The van der Waals surface area contributed by atoms with E-state index >= 15 is 0 Å². The molecule has 3 N–H and O–H groups in total. The van der Waals surface area contributed by atoms with E-state index in [0.717, 1.165) is 34.4 Å². The summed E-state index contributed by atoms with van der Waals surface area (Å²) < 4.78 is 2.28. The Morgan fingerprint density at radius 3 is 2.89 bits per heavy atom. The molecular formula is C15H19N3O. The van der Waals surface area contributed by atoms with Gasteiger partial charge in [0.15, 0.2) is 0 Å². The topological polar surface area (TPSA) is 64.1 Å². The van der Waals surface area contributed by atoms with Crippen LogP contribution in [0.5, 0.6) is 0 Å². The second-order valence-electron chi connectivity index (χ2n) is 6.05. The maximum absolute atomic E-state index is 9.60. The van der Waals surface area contributed by atoms with Crippen LogP contribution in [0, 0.1) is 11.8 Å². The molecule has 2 saturated carbocycles. The van der Waals surface area contributed by atoms with Crippen LogP contribution in [0.25, 0.3) is 11.0 Å². The summed E-state index contributed by atoms with van der Waals surface area (Å²) in [5, 5.41) is 9.60. The molecule has 4 nitrogen and oxygen atoms in total. The minimum Gasteiger partial charge on any atom is -0.399 e. The lowest BCUT2D eigenvalue weighted by molar-refractivity contribution is 0.249. The van der Waals surface area contributed by atoms with Crippen molar-refractivity contribution in [2.75, 3.05) is 5.73 Å². The first-order valence-corrected chi connectivity index (χ1v) is 7.13. The Balaban J connectivity index is 1.88. The minimum absolute atomic E-state index is 0.00245. The highest BCUT2D eigenvalue weighted by Crippen LogP contribution is 2.51. The van der Waals surface area contributed by atoms with Crippen LogP contribution in [0.4, 0.5) is 5.69 Å². The number of nitrogen functional groups attached to an aromatic ring is 1. The van der Waals surface area contributed by atoms with Crippen molar-refractivity contribution in [1.82, 2.24) is 9.55 Å². The normalized spacial score (nSPS) is 29.4. The zero-order chi connectivity index (χ0) is 13.0. The van der Waals surface area contributed by atoms with Crippen LogP contribution in [0.2, 0.25) is 0 Å². The van der Waals surface area contributed by atoms with Crippen LogP contribution in [0.15, 0.2) is 18.2 Å². The molecule has 4 rings (SSSR count). The first kappa shape index (κ1) is 11.3. The lowest BCUT2D eigenvalue weighted by Gasteiger charge is -2.25. The fourth-order valence-electron chi connectivity index (χ4n) is 4.17. The Morgan fingerprint density at radius 2 is 2.21 bits per heavy atom. The monoisotopic (exact) mass is 257 g/mol. The molecule has 4 heteroatoms. The van der Waals surface area contributed by atoms with Gasteiger partial charge in [0.25, 0.3) is 0 Å². The van der Waals surface area contributed by atoms with E-state index in [2.05, 4.69) is 9.55 Å². The second-order valence-corrected chi connectivity index (χ2v) is 6.05. The Kier molecular flexibility index (Phi) is 2.36. The highest BCUT2D eigenvalue weighted by Gasteiger charge is 2.41. The van der Waals surface area contributed by atoms with Crippen LogP contribution in [-0.2, 0) is 6.61 Å². The third-order valence-corrected chi connectivity index (χ3v) is 4.96. The number of fused-ring (bicyclic) bond motifs is 3. The van der Waals surface area contributed by atoms with Gasteiger partial charge in [-0.15, -0.1) is 0 Å². The molecule has 100 valence electrons. The zero-order valence-electron chi connectivity index (χ0n) is 10.9. The van der Waals surface area contributed by atoms with Gasteiger partial charge < -0.3 is 15.4 Å². The highest BCUT2D eigenvalue weighted by atomic mass is 16.3. The number of hydrogen-bond acceptors (Lipinski definition) is 3. The number of benzene rings is 1. The molecule has 0 radical (unpaired) electrons. The number of nitrogens with zero attached hydrogens (tertiary/aromatic N) is 2. The standard InChI is InChI=1S/C15H19N3O/c16-11-3-4-13-12(7-11)17-15(8-19)18(13)14-6-9-1-2-10(14)5-9/h3-4,7,9-10,14,19H,1-2,5-6,8,16H2. The van der Waals surface area contributed by atoms with Crippen LogP contribution in [-0.4, -0.2) is 14.7 Å². The summed E-state index contributed by atoms with van der Waals surface area (Å²) in [5.41, 5.74) is 8.59. The lowest BCUT2D eigenvalue weighted by atomic mass is 9.95. The number of anilines is 1. The fraction of sp³-hybridized carbons (Fsp3) is 0.533. The minimum atomic E-state index is 0.00245. The lowest BCUT2D eigenvalue weighted by Crippen LogP contribution is -2.18. The van der Waals surface area contributed by atoms with Gasteiger partial charge in [-0.05, 0) is 49.3 Å². The number of aliphatic hydroxyl groups excluding tert-OH is 1. The van der Waals surface area contributed by atoms with Crippen molar-refractivity contribution < 1.29 is 5.11 Å². The summed E-state index contributed by atoms with van der Waals surface area (Å²) in [7, 11) is 0. The number of hydrogen-bond donors (Lipinski definition) is 2. The second kappa shape index (κ2) is 3.97. The van der Waals surface area contributed by atoms with Crippen LogP contribution < -0.4 is 5.73 Å². The number of aromatic nitrogens is 2. The molecule has 0 saturated heterocycles. The van der Waals surface area contributed by atoms with Gasteiger partial charge in [-0.3, -0.25) is 0 Å². The van der Waals surface area contributed by atoms with Gasteiger partial charge in [-0.2, -0.15) is 0 Å². The molecule has 2 fully saturated rings. The van der Waals surface area contributed by atoms with Crippen LogP contribution in [0.1, 0.15) is 37.5 Å². The number of imidazole rings is 1. The largest absolute Gasteiger partial charge is 0.399 e. The van der Waals surface area contributed by atoms with E-state index in [0.29, 0.717) is 6.04 Å². The third kappa shape index (κ3) is 1.59. The molecule has 2 aliphatic rings. The van der Waals surface area contributed by atoms with Crippen molar-refractivity contribution >= 4 is 16.7 Å². The van der Waals surface area contributed by atoms with E-state index in [9.17, 15) is 5.11 Å². The van der Waals surface area contributed by atoms with Gasteiger partial charge in [0, 0.05) is 11.7 Å². The molecule has 0 aliphatic heterocycles. The molecule has 1 aromatic heterocycles. The SMILES string of the molecule is Nc1ccc2c(c1)nc(CO)n2C1CC2CCC1C2. The van der Waals surface area contributed by atoms with Crippen molar-refractivity contribution in [2.24, 2.45) is 11.8 Å². The van der Waals surface area contributed by atoms with Crippen LogP contribution >= 0.6 is 0 Å². The van der Waals surface area contributed by atoms with Gasteiger partial charge >= 0.3 is 0 Å². The Bertz CT molecular complexity index is 634. The summed E-state index contributed by atoms with van der Waals surface area (Å²) in [6.45, 7) is 0.00245. The molecule has 3 unspecified atom stereocenters. The Morgan fingerprint density at radius 1 is 1.32 bits per heavy atom. The molecule has 2 aromatic rings. The van der Waals surface area contributed by atoms with Crippen molar-refractivity contribution in [3.8, 4) is 0 Å². The molecular weight excluding hydrogens is 238 g/mol. The van der Waals surface area contributed by atoms with Gasteiger partial charge in [0.1, 0.15) is 12.4 Å². The molecule has 3 atom stereocenters. The average molecular weight is 257 g/mol. The van der Waals surface area contributed by atoms with Gasteiger partial charge in [-0.25, -0.2) is 4.98 Å². The number of nitrogens with two attached hydrogens (primary N) is 1. The van der Waals surface area contributed by atoms with Gasteiger partial charge in [0.2, 0.25) is 0 Å². The first-order chi connectivity index (χ1) is 9.26. The van der Waals surface area contributed by atoms with E-state index in [4.69, 9.17) is 5.73 Å². The molecule has 19 heavy (non-hydrogen) atoms. The van der Waals surface area contributed by atoms with Crippen molar-refractivity contribution in [2.45, 2.75) is 38.3 Å². The maximum Gasteiger partial charge on any atom is 0.135 e. The third-order valence-electron chi connectivity index (χ3n) is 4.96. The first-order valence-electron chi connectivity index (χ1n) is 7.13. The Hall–Kier alpha value is -1.55. The predicted octanol–water partition coefficient (Wildman–Crippen LogP) is 2.47. The molecule has 1 aromatic carbocycles. The molecule has 0 amide bonds. The predicted molar refractivity (Wildman–Crippen MR) is 74.6 cm³/mol. The van der Waals surface area contributed by atoms with E-state index < -0.39 is 0 Å². The zero-order valence-corrected chi connectivity index (χ0v) is 10.9. The smallest absolute Gasteiger partial charge is 0.135 e. The number of aliphatic hydroxyl groups is 1. The molecule has 1 heterocycles. The summed E-state index contributed by atoms with van der Waals surface area (Å²) in [5.74, 6) is 2.44. The summed E-state index contributed by atoms with van der Waals surface area (Å²) in [6, 6.07) is 6.39.